The Balaban J connectivity index is 2.04. The summed E-state index contributed by atoms with van der Waals surface area (Å²) in [6, 6.07) is 14.7. The SMILES string of the molecule is CC[C@@H](Oc1ccccc1)C(=O)Nc1ccc(S(N)(=O)=O)cc1. The van der Waals surface area contributed by atoms with Crippen LogP contribution in [0.1, 0.15) is 13.3 Å². The fraction of sp³-hybridized carbons (Fsp3) is 0.188. The predicted molar refractivity (Wildman–Crippen MR) is 87.6 cm³/mol. The summed E-state index contributed by atoms with van der Waals surface area (Å²) in [5.74, 6) is 0.304. The molecule has 0 spiro atoms. The van der Waals surface area contributed by atoms with Crippen LogP contribution >= 0.6 is 0 Å². The minimum absolute atomic E-state index is 0.0110. The van der Waals surface area contributed by atoms with Gasteiger partial charge in [-0.2, -0.15) is 0 Å². The first-order valence-corrected chi connectivity index (χ1v) is 8.60. The topological polar surface area (TPSA) is 98.5 Å². The van der Waals surface area contributed by atoms with Gasteiger partial charge in [-0.3, -0.25) is 4.79 Å². The average Bonchev–Trinajstić information content (AvgIpc) is 2.53. The van der Waals surface area contributed by atoms with Gasteiger partial charge in [0.05, 0.1) is 4.90 Å². The second-order valence-electron chi connectivity index (χ2n) is 4.89. The summed E-state index contributed by atoms with van der Waals surface area (Å²) >= 11 is 0. The molecule has 0 bridgehead atoms. The van der Waals surface area contributed by atoms with Crippen LogP contribution in [-0.2, 0) is 14.8 Å². The van der Waals surface area contributed by atoms with Crippen molar-refractivity contribution >= 4 is 21.6 Å². The lowest BCUT2D eigenvalue weighted by molar-refractivity contribution is -0.122. The average molecular weight is 334 g/mol. The molecular weight excluding hydrogens is 316 g/mol. The Kier molecular flexibility index (Phi) is 5.36. The van der Waals surface area contributed by atoms with Crippen LogP contribution in [-0.4, -0.2) is 20.4 Å². The maximum atomic E-state index is 12.3. The molecule has 0 aliphatic heterocycles. The molecule has 0 aromatic heterocycles. The zero-order valence-electron chi connectivity index (χ0n) is 12.6. The lowest BCUT2D eigenvalue weighted by Gasteiger charge is -2.17. The molecule has 7 heteroatoms. The fourth-order valence-corrected chi connectivity index (χ4v) is 2.45. The molecule has 2 aromatic rings. The zero-order chi connectivity index (χ0) is 16.9. The van der Waals surface area contributed by atoms with Gasteiger partial charge in [-0.15, -0.1) is 0 Å². The molecule has 1 atom stereocenters. The number of sulfonamides is 1. The van der Waals surface area contributed by atoms with Gasteiger partial charge >= 0.3 is 0 Å². The number of anilines is 1. The van der Waals surface area contributed by atoms with Gasteiger partial charge in [-0.1, -0.05) is 25.1 Å². The third-order valence-corrected chi connectivity index (χ3v) is 4.06. The summed E-state index contributed by atoms with van der Waals surface area (Å²) in [7, 11) is -3.75. The highest BCUT2D eigenvalue weighted by Crippen LogP contribution is 2.16. The van der Waals surface area contributed by atoms with Crippen LogP contribution in [0.25, 0.3) is 0 Å². The highest BCUT2D eigenvalue weighted by atomic mass is 32.2. The van der Waals surface area contributed by atoms with Crippen molar-refractivity contribution in [2.45, 2.75) is 24.3 Å². The Morgan fingerprint density at radius 3 is 2.26 bits per heavy atom. The van der Waals surface area contributed by atoms with E-state index >= 15 is 0 Å². The van der Waals surface area contributed by atoms with E-state index in [-0.39, 0.29) is 10.8 Å². The van der Waals surface area contributed by atoms with Crippen LogP contribution in [0.5, 0.6) is 5.75 Å². The Morgan fingerprint density at radius 2 is 1.74 bits per heavy atom. The molecule has 6 nitrogen and oxygen atoms in total. The van der Waals surface area contributed by atoms with Crippen LogP contribution in [0.3, 0.4) is 0 Å². The van der Waals surface area contributed by atoms with Gasteiger partial charge in [0.2, 0.25) is 10.0 Å². The van der Waals surface area contributed by atoms with Gasteiger partial charge in [0, 0.05) is 5.69 Å². The molecule has 1 amide bonds. The van der Waals surface area contributed by atoms with Crippen molar-refractivity contribution in [1.29, 1.82) is 0 Å². The molecule has 122 valence electrons. The van der Waals surface area contributed by atoms with E-state index in [9.17, 15) is 13.2 Å². The maximum absolute atomic E-state index is 12.3. The van der Waals surface area contributed by atoms with Crippen molar-refractivity contribution in [2.75, 3.05) is 5.32 Å². The summed E-state index contributed by atoms with van der Waals surface area (Å²) in [4.78, 5) is 12.2. The van der Waals surface area contributed by atoms with E-state index in [1.54, 1.807) is 12.1 Å². The summed E-state index contributed by atoms with van der Waals surface area (Å²) in [5.41, 5.74) is 0.470. The molecule has 0 radical (unpaired) electrons. The number of ether oxygens (including phenoxy) is 1. The Hall–Kier alpha value is -2.38. The van der Waals surface area contributed by atoms with Gasteiger partial charge < -0.3 is 10.1 Å². The number of amides is 1. The van der Waals surface area contributed by atoms with Crippen molar-refractivity contribution in [1.82, 2.24) is 0 Å². The first kappa shape index (κ1) is 17.0. The number of hydrogen-bond donors (Lipinski definition) is 2. The lowest BCUT2D eigenvalue weighted by Crippen LogP contribution is -2.32. The fourth-order valence-electron chi connectivity index (χ4n) is 1.94. The number of hydrogen-bond acceptors (Lipinski definition) is 4. The molecule has 0 saturated heterocycles. The Labute approximate surface area is 135 Å². The zero-order valence-corrected chi connectivity index (χ0v) is 13.4. The van der Waals surface area contributed by atoms with Gasteiger partial charge in [-0.05, 0) is 42.8 Å². The van der Waals surface area contributed by atoms with E-state index in [0.717, 1.165) is 0 Å². The van der Waals surface area contributed by atoms with Gasteiger partial charge in [0.15, 0.2) is 6.10 Å². The predicted octanol–water partition coefficient (Wildman–Crippen LogP) is 2.13. The second-order valence-corrected chi connectivity index (χ2v) is 6.45. The number of nitrogens with one attached hydrogen (secondary N) is 1. The van der Waals surface area contributed by atoms with Crippen molar-refractivity contribution in [3.63, 3.8) is 0 Å². The van der Waals surface area contributed by atoms with E-state index in [1.165, 1.54) is 24.3 Å². The Morgan fingerprint density at radius 1 is 1.13 bits per heavy atom. The molecule has 2 aromatic carbocycles. The third-order valence-electron chi connectivity index (χ3n) is 3.14. The van der Waals surface area contributed by atoms with Gasteiger partial charge in [0.25, 0.3) is 5.91 Å². The molecule has 0 aliphatic rings. The molecule has 23 heavy (non-hydrogen) atoms. The smallest absolute Gasteiger partial charge is 0.265 e. The van der Waals surface area contributed by atoms with E-state index < -0.39 is 16.1 Å². The summed E-state index contributed by atoms with van der Waals surface area (Å²) in [5, 5.41) is 7.72. The quantitative estimate of drug-likeness (QED) is 0.845. The lowest BCUT2D eigenvalue weighted by atomic mass is 10.2. The molecule has 0 heterocycles. The van der Waals surface area contributed by atoms with Gasteiger partial charge in [-0.25, -0.2) is 13.6 Å². The summed E-state index contributed by atoms with van der Waals surface area (Å²) in [6.07, 6.45) is -0.147. The number of primary sulfonamides is 1. The van der Waals surface area contributed by atoms with E-state index in [0.29, 0.717) is 17.9 Å². The summed E-state index contributed by atoms with van der Waals surface area (Å²) < 4.78 is 28.0. The number of benzene rings is 2. The van der Waals surface area contributed by atoms with Crippen LogP contribution in [0.2, 0.25) is 0 Å². The second kappa shape index (κ2) is 7.26. The molecular formula is C16H18N2O4S. The van der Waals surface area contributed by atoms with Crippen LogP contribution in [0.15, 0.2) is 59.5 Å². The minimum atomic E-state index is -3.75. The normalized spacial score (nSPS) is 12.4. The first-order valence-electron chi connectivity index (χ1n) is 7.05. The van der Waals surface area contributed by atoms with Crippen LogP contribution in [0, 0.1) is 0 Å². The molecule has 3 N–H and O–H groups in total. The maximum Gasteiger partial charge on any atom is 0.265 e. The molecule has 0 aliphatic carbocycles. The standard InChI is InChI=1S/C16H18N2O4S/c1-2-15(22-13-6-4-3-5-7-13)16(19)18-12-8-10-14(11-9-12)23(17,20)21/h3-11,15H,2H2,1H3,(H,18,19)(H2,17,20,21)/t15-/m1/s1. The number of para-hydroxylation sites is 1. The summed E-state index contributed by atoms with van der Waals surface area (Å²) in [6.45, 7) is 1.84. The van der Waals surface area contributed by atoms with E-state index in [2.05, 4.69) is 5.32 Å². The van der Waals surface area contributed by atoms with Gasteiger partial charge in [0.1, 0.15) is 5.75 Å². The van der Waals surface area contributed by atoms with E-state index in [4.69, 9.17) is 9.88 Å². The van der Waals surface area contributed by atoms with E-state index in [1.807, 2.05) is 25.1 Å². The number of carbonyl (C=O) groups is 1. The van der Waals surface area contributed by atoms with Crippen molar-refractivity contribution in [3.05, 3.63) is 54.6 Å². The number of rotatable bonds is 6. The molecule has 0 unspecified atom stereocenters. The van der Waals surface area contributed by atoms with Crippen molar-refractivity contribution < 1.29 is 17.9 Å². The number of nitrogens with two attached hydrogens (primary N) is 1. The minimum Gasteiger partial charge on any atom is -0.481 e. The first-order chi connectivity index (χ1) is 10.9. The van der Waals surface area contributed by atoms with Crippen LogP contribution in [0.4, 0.5) is 5.69 Å². The third kappa shape index (κ3) is 4.80. The monoisotopic (exact) mass is 334 g/mol. The highest BCUT2D eigenvalue weighted by molar-refractivity contribution is 7.89. The molecule has 0 fully saturated rings. The Bertz CT molecular complexity index is 758. The largest absolute Gasteiger partial charge is 0.481 e. The molecule has 0 saturated carbocycles. The van der Waals surface area contributed by atoms with Crippen molar-refractivity contribution in [3.8, 4) is 5.75 Å². The number of carbonyl (C=O) groups excluding carboxylic acids is 1. The van der Waals surface area contributed by atoms with Crippen molar-refractivity contribution in [2.24, 2.45) is 5.14 Å². The highest BCUT2D eigenvalue weighted by Gasteiger charge is 2.18. The molecule has 2 rings (SSSR count). The van der Waals surface area contributed by atoms with Crippen LogP contribution < -0.4 is 15.2 Å².